The van der Waals surface area contributed by atoms with E-state index in [9.17, 15) is 4.79 Å². The average molecular weight is 343 g/mol. The standard InChI is InChI=1S/C18H21N3O2S/c1-13(18(22)20-15-10-6-7-11-16(15)24-2)23-21-17(19)12-14-8-4-3-5-9-14/h3-11,13H,12H2,1-2H3,(H2,19,21)(H,20,22). The first kappa shape index (κ1) is 17.9. The molecule has 0 heterocycles. The molecule has 6 heteroatoms. The SMILES string of the molecule is CSc1ccccc1NC(=O)C(C)O/N=C(/N)Cc1ccccc1. The largest absolute Gasteiger partial charge is 0.384 e. The molecule has 24 heavy (non-hydrogen) atoms. The van der Waals surface area contributed by atoms with Gasteiger partial charge in [-0.15, -0.1) is 11.8 Å². The number of oxime groups is 1. The molecule has 2 rings (SSSR count). The molecule has 3 N–H and O–H groups in total. The van der Waals surface area contributed by atoms with Gasteiger partial charge in [0.25, 0.3) is 5.91 Å². The number of nitrogens with two attached hydrogens (primary N) is 1. The van der Waals surface area contributed by atoms with Crippen LogP contribution >= 0.6 is 11.8 Å². The van der Waals surface area contributed by atoms with E-state index in [0.717, 1.165) is 16.1 Å². The summed E-state index contributed by atoms with van der Waals surface area (Å²) in [5.74, 6) is 0.0538. The molecule has 0 fully saturated rings. The monoisotopic (exact) mass is 343 g/mol. The van der Waals surface area contributed by atoms with E-state index in [1.807, 2.05) is 60.9 Å². The zero-order valence-electron chi connectivity index (χ0n) is 13.7. The van der Waals surface area contributed by atoms with Crippen LogP contribution in [0.1, 0.15) is 12.5 Å². The molecule has 0 bridgehead atoms. The molecule has 2 aromatic carbocycles. The van der Waals surface area contributed by atoms with E-state index in [1.165, 1.54) is 0 Å². The Bertz CT molecular complexity index is 704. The Kier molecular flexibility index (Phi) is 6.69. The van der Waals surface area contributed by atoms with Crippen molar-refractivity contribution in [3.63, 3.8) is 0 Å². The third kappa shape index (κ3) is 5.31. The van der Waals surface area contributed by atoms with Crippen LogP contribution in [0, 0.1) is 0 Å². The van der Waals surface area contributed by atoms with Gasteiger partial charge >= 0.3 is 0 Å². The van der Waals surface area contributed by atoms with Gasteiger partial charge in [0.1, 0.15) is 5.84 Å². The summed E-state index contributed by atoms with van der Waals surface area (Å²) in [5.41, 5.74) is 7.63. The summed E-state index contributed by atoms with van der Waals surface area (Å²) in [7, 11) is 0. The number of anilines is 1. The van der Waals surface area contributed by atoms with Crippen LogP contribution in [0.15, 0.2) is 64.6 Å². The smallest absolute Gasteiger partial charge is 0.268 e. The molecule has 0 aliphatic carbocycles. The maximum Gasteiger partial charge on any atom is 0.268 e. The van der Waals surface area contributed by atoms with E-state index in [2.05, 4.69) is 10.5 Å². The first-order chi connectivity index (χ1) is 11.6. The molecule has 0 saturated heterocycles. The zero-order valence-corrected chi connectivity index (χ0v) is 14.5. The van der Waals surface area contributed by atoms with E-state index < -0.39 is 6.10 Å². The van der Waals surface area contributed by atoms with Gasteiger partial charge < -0.3 is 15.9 Å². The van der Waals surface area contributed by atoms with Crippen molar-refractivity contribution in [2.75, 3.05) is 11.6 Å². The number of hydrogen-bond donors (Lipinski definition) is 2. The predicted octanol–water partition coefficient (Wildman–Crippen LogP) is 3.27. The number of rotatable bonds is 7. The Balaban J connectivity index is 1.90. The van der Waals surface area contributed by atoms with Gasteiger partial charge in [0.2, 0.25) is 6.10 Å². The molecule has 1 atom stereocenters. The number of nitrogens with one attached hydrogen (secondary N) is 1. The summed E-state index contributed by atoms with van der Waals surface area (Å²) in [5, 5.41) is 6.69. The lowest BCUT2D eigenvalue weighted by Crippen LogP contribution is -2.27. The molecule has 5 nitrogen and oxygen atoms in total. The zero-order chi connectivity index (χ0) is 17.4. The molecule has 1 amide bonds. The second kappa shape index (κ2) is 8.98. The normalized spacial score (nSPS) is 12.5. The summed E-state index contributed by atoms with van der Waals surface area (Å²) in [4.78, 5) is 18.4. The van der Waals surface area contributed by atoms with Crippen molar-refractivity contribution in [2.45, 2.75) is 24.3 Å². The highest BCUT2D eigenvalue weighted by Crippen LogP contribution is 2.24. The summed E-state index contributed by atoms with van der Waals surface area (Å²) < 4.78 is 0. The van der Waals surface area contributed by atoms with E-state index in [0.29, 0.717) is 12.3 Å². The van der Waals surface area contributed by atoms with Crippen LogP contribution in [-0.2, 0) is 16.1 Å². The summed E-state index contributed by atoms with van der Waals surface area (Å²) in [6, 6.07) is 17.3. The number of benzene rings is 2. The van der Waals surface area contributed by atoms with Crippen molar-refractivity contribution >= 4 is 29.2 Å². The summed E-state index contributed by atoms with van der Waals surface area (Å²) in [6.07, 6.45) is 1.69. The Labute approximate surface area is 146 Å². The maximum absolute atomic E-state index is 12.2. The molecule has 2 aromatic rings. The lowest BCUT2D eigenvalue weighted by Gasteiger charge is -2.13. The molecule has 126 valence electrons. The number of amidine groups is 1. The third-order valence-corrected chi connectivity index (χ3v) is 4.09. The molecule has 0 spiro atoms. The van der Waals surface area contributed by atoms with Crippen LogP contribution < -0.4 is 11.1 Å². The lowest BCUT2D eigenvalue weighted by molar-refractivity contribution is -0.126. The van der Waals surface area contributed by atoms with Crippen LogP contribution in [0.5, 0.6) is 0 Å². The lowest BCUT2D eigenvalue weighted by atomic mass is 10.1. The Morgan fingerprint density at radius 2 is 1.88 bits per heavy atom. The van der Waals surface area contributed by atoms with Crippen molar-refractivity contribution < 1.29 is 9.63 Å². The average Bonchev–Trinajstić information content (AvgIpc) is 2.61. The Morgan fingerprint density at radius 3 is 2.58 bits per heavy atom. The van der Waals surface area contributed by atoms with Gasteiger partial charge in [-0.25, -0.2) is 0 Å². The number of para-hydroxylation sites is 1. The van der Waals surface area contributed by atoms with Crippen LogP contribution in [0.3, 0.4) is 0 Å². The third-order valence-electron chi connectivity index (χ3n) is 3.29. The number of thioether (sulfide) groups is 1. The fourth-order valence-corrected chi connectivity index (χ4v) is 2.57. The van der Waals surface area contributed by atoms with Gasteiger partial charge in [-0.1, -0.05) is 47.6 Å². The minimum atomic E-state index is -0.741. The van der Waals surface area contributed by atoms with E-state index in [1.54, 1.807) is 18.7 Å². The molecule has 0 saturated carbocycles. The van der Waals surface area contributed by atoms with Crippen LogP contribution in [-0.4, -0.2) is 24.1 Å². The van der Waals surface area contributed by atoms with Crippen molar-refractivity contribution in [3.05, 3.63) is 60.2 Å². The quantitative estimate of drug-likeness (QED) is 0.350. The molecular formula is C18H21N3O2S. The second-order valence-electron chi connectivity index (χ2n) is 5.18. The van der Waals surface area contributed by atoms with Gasteiger partial charge in [0.15, 0.2) is 0 Å². The fraction of sp³-hybridized carbons (Fsp3) is 0.222. The molecular weight excluding hydrogens is 322 g/mol. The maximum atomic E-state index is 12.2. The molecule has 0 aliphatic rings. The second-order valence-corrected chi connectivity index (χ2v) is 6.03. The van der Waals surface area contributed by atoms with Gasteiger partial charge in [0, 0.05) is 11.3 Å². The van der Waals surface area contributed by atoms with Gasteiger partial charge in [-0.05, 0) is 30.9 Å². The highest BCUT2D eigenvalue weighted by molar-refractivity contribution is 7.98. The molecule has 0 aliphatic heterocycles. The summed E-state index contributed by atoms with van der Waals surface area (Å²) >= 11 is 1.57. The molecule has 1 unspecified atom stereocenters. The Hall–Kier alpha value is -2.47. The van der Waals surface area contributed by atoms with Crippen molar-refractivity contribution in [3.8, 4) is 0 Å². The first-order valence-corrected chi connectivity index (χ1v) is 8.78. The number of hydrogen-bond acceptors (Lipinski definition) is 4. The van der Waals surface area contributed by atoms with Crippen LogP contribution in [0.2, 0.25) is 0 Å². The van der Waals surface area contributed by atoms with E-state index in [4.69, 9.17) is 10.6 Å². The first-order valence-electron chi connectivity index (χ1n) is 7.56. The van der Waals surface area contributed by atoms with Gasteiger partial charge in [-0.2, -0.15) is 0 Å². The highest BCUT2D eigenvalue weighted by Gasteiger charge is 2.16. The molecule has 0 aromatic heterocycles. The minimum Gasteiger partial charge on any atom is -0.384 e. The summed E-state index contributed by atoms with van der Waals surface area (Å²) in [6.45, 7) is 1.64. The topological polar surface area (TPSA) is 76.7 Å². The predicted molar refractivity (Wildman–Crippen MR) is 99.2 cm³/mol. The van der Waals surface area contributed by atoms with E-state index >= 15 is 0 Å². The molecule has 0 radical (unpaired) electrons. The van der Waals surface area contributed by atoms with Crippen LogP contribution in [0.25, 0.3) is 0 Å². The van der Waals surface area contributed by atoms with E-state index in [-0.39, 0.29) is 5.91 Å². The van der Waals surface area contributed by atoms with Gasteiger partial charge in [0.05, 0.1) is 5.69 Å². The highest BCUT2D eigenvalue weighted by atomic mass is 32.2. The minimum absolute atomic E-state index is 0.271. The number of nitrogens with zero attached hydrogens (tertiary/aromatic N) is 1. The fourth-order valence-electron chi connectivity index (χ4n) is 2.01. The number of carbonyl (C=O) groups excluding carboxylic acids is 1. The van der Waals surface area contributed by atoms with Crippen LogP contribution in [0.4, 0.5) is 5.69 Å². The van der Waals surface area contributed by atoms with Crippen molar-refractivity contribution in [1.29, 1.82) is 0 Å². The van der Waals surface area contributed by atoms with Gasteiger partial charge in [-0.3, -0.25) is 4.79 Å². The number of carbonyl (C=O) groups is 1. The van der Waals surface area contributed by atoms with Crippen molar-refractivity contribution in [1.82, 2.24) is 0 Å². The number of amides is 1. The Morgan fingerprint density at radius 1 is 1.21 bits per heavy atom. The van der Waals surface area contributed by atoms with Crippen molar-refractivity contribution in [2.24, 2.45) is 10.9 Å².